The van der Waals surface area contributed by atoms with Crippen molar-refractivity contribution < 1.29 is 9.53 Å². The number of hydrogen-bond donors (Lipinski definition) is 0. The molecule has 0 saturated carbocycles. The smallest absolute Gasteiger partial charge is 0.286 e. The van der Waals surface area contributed by atoms with Gasteiger partial charge in [-0.15, -0.1) is 0 Å². The third-order valence-corrected chi connectivity index (χ3v) is 6.68. The van der Waals surface area contributed by atoms with Gasteiger partial charge in [0, 0.05) is 32.7 Å². The van der Waals surface area contributed by atoms with Crippen LogP contribution >= 0.6 is 11.8 Å². The van der Waals surface area contributed by atoms with E-state index in [0.717, 1.165) is 55.0 Å². The summed E-state index contributed by atoms with van der Waals surface area (Å²) in [6.07, 6.45) is 1.90. The molecule has 0 aromatic heterocycles. The normalized spacial score (nSPS) is 17.9. The number of rotatable bonds is 5. The average Bonchev–Trinajstić information content (AvgIpc) is 3.21. The van der Waals surface area contributed by atoms with Gasteiger partial charge in [-0.3, -0.25) is 9.69 Å². The van der Waals surface area contributed by atoms with E-state index in [1.165, 1.54) is 17.3 Å². The third kappa shape index (κ3) is 5.53. The molecular weight excluding hydrogens is 430 g/mol. The molecule has 0 bridgehead atoms. The van der Waals surface area contributed by atoms with Crippen molar-refractivity contribution in [1.29, 1.82) is 0 Å². The lowest BCUT2D eigenvalue weighted by atomic mass is 10.2. The van der Waals surface area contributed by atoms with E-state index in [4.69, 9.17) is 4.74 Å². The summed E-state index contributed by atoms with van der Waals surface area (Å²) in [5.74, 6) is 1.35. The molecule has 5 rings (SSSR count). The molecule has 1 fully saturated rings. The number of ether oxygens (including phenoxy) is 1. The van der Waals surface area contributed by atoms with E-state index < -0.39 is 0 Å². The summed E-state index contributed by atoms with van der Waals surface area (Å²) in [4.78, 5) is 22.2. The molecule has 0 aliphatic carbocycles. The number of piperazine rings is 1. The van der Waals surface area contributed by atoms with E-state index in [2.05, 4.69) is 39.1 Å². The Morgan fingerprint density at radius 3 is 2.30 bits per heavy atom. The third-order valence-electron chi connectivity index (χ3n) is 5.64. The van der Waals surface area contributed by atoms with Crippen molar-refractivity contribution in [3.63, 3.8) is 0 Å². The molecule has 0 N–H and O–H groups in total. The van der Waals surface area contributed by atoms with Gasteiger partial charge < -0.3 is 9.64 Å². The number of carbonyl (C=O) groups excluding carboxylic acids is 1. The highest BCUT2D eigenvalue weighted by Gasteiger charge is 2.28. The Labute approximate surface area is 198 Å². The van der Waals surface area contributed by atoms with Crippen LogP contribution in [0.25, 0.3) is 6.08 Å². The standard InChI is InChI=1S/C27H25N3O2S/c31-26-25(19-22-10-7-13-24(18-22)32-23-11-5-2-6-12-23)33-27(28-26)30-16-14-29(15-17-30)20-21-8-3-1-4-9-21/h1-13,18-19H,14-17,20H2/b25-19-. The quantitative estimate of drug-likeness (QED) is 0.491. The molecule has 6 heteroatoms. The van der Waals surface area contributed by atoms with Crippen molar-refractivity contribution in [2.24, 2.45) is 4.99 Å². The van der Waals surface area contributed by atoms with Gasteiger partial charge in [0.25, 0.3) is 5.91 Å². The van der Waals surface area contributed by atoms with Crippen LogP contribution in [0.1, 0.15) is 11.1 Å². The molecule has 33 heavy (non-hydrogen) atoms. The number of benzene rings is 3. The Balaban J connectivity index is 1.19. The van der Waals surface area contributed by atoms with Crippen molar-refractivity contribution in [1.82, 2.24) is 9.80 Å². The van der Waals surface area contributed by atoms with Gasteiger partial charge in [-0.05, 0) is 53.2 Å². The summed E-state index contributed by atoms with van der Waals surface area (Å²) in [5, 5.41) is 0.808. The molecule has 0 unspecified atom stereocenters. The lowest BCUT2D eigenvalue weighted by Crippen LogP contribution is -2.47. The number of amides is 1. The van der Waals surface area contributed by atoms with Crippen LogP contribution in [0.2, 0.25) is 0 Å². The van der Waals surface area contributed by atoms with E-state index in [1.54, 1.807) is 0 Å². The molecule has 2 aliphatic heterocycles. The summed E-state index contributed by atoms with van der Waals surface area (Å²) < 4.78 is 5.92. The Morgan fingerprint density at radius 1 is 0.848 bits per heavy atom. The van der Waals surface area contributed by atoms with Gasteiger partial charge in [0.05, 0.1) is 4.91 Å². The summed E-state index contributed by atoms with van der Waals surface area (Å²) in [6, 6.07) is 28.0. The zero-order valence-corrected chi connectivity index (χ0v) is 19.1. The Bertz CT molecular complexity index is 1170. The minimum atomic E-state index is -0.170. The van der Waals surface area contributed by atoms with Gasteiger partial charge in [0.15, 0.2) is 5.17 Å². The number of amidine groups is 1. The lowest BCUT2D eigenvalue weighted by Gasteiger charge is -2.35. The average molecular weight is 456 g/mol. The molecule has 0 spiro atoms. The second-order valence-corrected chi connectivity index (χ2v) is 9.06. The minimum Gasteiger partial charge on any atom is -0.457 e. The van der Waals surface area contributed by atoms with Crippen molar-refractivity contribution in [3.05, 3.63) is 101 Å². The molecule has 2 aliphatic rings. The minimum absolute atomic E-state index is 0.170. The van der Waals surface area contributed by atoms with E-state index >= 15 is 0 Å². The van der Waals surface area contributed by atoms with Crippen molar-refractivity contribution in [3.8, 4) is 11.5 Å². The molecule has 0 radical (unpaired) electrons. The fraction of sp³-hybridized carbons (Fsp3) is 0.185. The second kappa shape index (κ2) is 10.1. The maximum atomic E-state index is 12.6. The summed E-state index contributed by atoms with van der Waals surface area (Å²) in [6.45, 7) is 4.63. The van der Waals surface area contributed by atoms with Crippen molar-refractivity contribution >= 4 is 28.9 Å². The maximum Gasteiger partial charge on any atom is 0.286 e. The molecule has 0 atom stereocenters. The Kier molecular flexibility index (Phi) is 6.56. The van der Waals surface area contributed by atoms with Crippen LogP contribution in [0, 0.1) is 0 Å². The molecule has 5 nitrogen and oxygen atoms in total. The molecule has 3 aromatic rings. The zero-order chi connectivity index (χ0) is 22.5. The van der Waals surface area contributed by atoms with Crippen LogP contribution < -0.4 is 4.74 Å². The second-order valence-electron chi connectivity index (χ2n) is 8.05. The van der Waals surface area contributed by atoms with Gasteiger partial charge in [-0.2, -0.15) is 4.99 Å². The van der Waals surface area contributed by atoms with E-state index in [0.29, 0.717) is 4.91 Å². The van der Waals surface area contributed by atoms with Crippen molar-refractivity contribution in [2.45, 2.75) is 6.54 Å². The van der Waals surface area contributed by atoms with Crippen LogP contribution in [0.4, 0.5) is 0 Å². The fourth-order valence-electron chi connectivity index (χ4n) is 3.92. The van der Waals surface area contributed by atoms with Gasteiger partial charge in [-0.25, -0.2) is 0 Å². The largest absolute Gasteiger partial charge is 0.457 e. The number of thioether (sulfide) groups is 1. The molecule has 3 aromatic carbocycles. The van der Waals surface area contributed by atoms with E-state index in [1.807, 2.05) is 66.7 Å². The fourth-order valence-corrected chi connectivity index (χ4v) is 4.88. The number of carbonyl (C=O) groups is 1. The number of para-hydroxylation sites is 1. The van der Waals surface area contributed by atoms with E-state index in [-0.39, 0.29) is 5.91 Å². The van der Waals surface area contributed by atoms with Gasteiger partial charge in [0.2, 0.25) is 0 Å². The summed E-state index contributed by atoms with van der Waals surface area (Å²) >= 11 is 1.46. The lowest BCUT2D eigenvalue weighted by molar-refractivity contribution is -0.113. The first kappa shape index (κ1) is 21.5. The highest BCUT2D eigenvalue weighted by atomic mass is 32.2. The number of nitrogens with zero attached hydrogens (tertiary/aromatic N) is 3. The highest BCUT2D eigenvalue weighted by Crippen LogP contribution is 2.32. The van der Waals surface area contributed by atoms with Crippen LogP contribution in [0.5, 0.6) is 11.5 Å². The van der Waals surface area contributed by atoms with Gasteiger partial charge in [0.1, 0.15) is 11.5 Å². The van der Waals surface area contributed by atoms with Crippen LogP contribution in [0.15, 0.2) is 94.8 Å². The molecule has 1 amide bonds. The first-order valence-corrected chi connectivity index (χ1v) is 11.9. The summed E-state index contributed by atoms with van der Waals surface area (Å²) in [7, 11) is 0. The molecule has 2 heterocycles. The SMILES string of the molecule is O=C1N=C(N2CCN(Cc3ccccc3)CC2)S/C1=C\c1cccc(Oc2ccccc2)c1. The van der Waals surface area contributed by atoms with E-state index in [9.17, 15) is 4.79 Å². The first-order valence-electron chi connectivity index (χ1n) is 11.1. The van der Waals surface area contributed by atoms with Crippen LogP contribution in [-0.4, -0.2) is 47.1 Å². The zero-order valence-electron chi connectivity index (χ0n) is 18.3. The van der Waals surface area contributed by atoms with Crippen LogP contribution in [-0.2, 0) is 11.3 Å². The Morgan fingerprint density at radius 2 is 1.55 bits per heavy atom. The summed E-state index contributed by atoms with van der Waals surface area (Å²) in [5.41, 5.74) is 2.25. The highest BCUT2D eigenvalue weighted by molar-refractivity contribution is 8.18. The predicted octanol–water partition coefficient (Wildman–Crippen LogP) is 5.27. The number of aliphatic imine (C=N–C) groups is 1. The van der Waals surface area contributed by atoms with Gasteiger partial charge >= 0.3 is 0 Å². The predicted molar refractivity (Wildman–Crippen MR) is 134 cm³/mol. The monoisotopic (exact) mass is 455 g/mol. The van der Waals surface area contributed by atoms with Crippen LogP contribution in [0.3, 0.4) is 0 Å². The van der Waals surface area contributed by atoms with Crippen molar-refractivity contribution in [2.75, 3.05) is 26.2 Å². The molecular formula is C27H25N3O2S. The molecule has 1 saturated heterocycles. The first-order chi connectivity index (χ1) is 16.2. The topological polar surface area (TPSA) is 45.1 Å². The Hall–Kier alpha value is -3.35. The maximum absolute atomic E-state index is 12.6. The van der Waals surface area contributed by atoms with Gasteiger partial charge in [-0.1, -0.05) is 60.7 Å². The number of hydrogen-bond acceptors (Lipinski definition) is 5. The molecule has 166 valence electrons.